The van der Waals surface area contributed by atoms with Crippen LogP contribution in [-0.2, 0) is 10.0 Å². The molecule has 0 radical (unpaired) electrons. The molecule has 1 aromatic carbocycles. The van der Waals surface area contributed by atoms with Crippen molar-refractivity contribution in [2.45, 2.75) is 4.90 Å². The van der Waals surface area contributed by atoms with Crippen LogP contribution in [0.4, 0.5) is 0 Å². The van der Waals surface area contributed by atoms with E-state index in [1.165, 1.54) is 12.1 Å². The number of benzene rings is 1. The SMILES string of the molecule is C[NH+](C)CCNS(=O)(=O)c1c(Cl)cccc1Cl. The maximum atomic E-state index is 12.0. The molecule has 1 rings (SSSR count). The van der Waals surface area contributed by atoms with Crippen LogP contribution in [-0.4, -0.2) is 35.6 Å². The second kappa shape index (κ2) is 6.02. The summed E-state index contributed by atoms with van der Waals surface area (Å²) in [7, 11) is 0.238. The van der Waals surface area contributed by atoms with E-state index in [2.05, 4.69) is 4.72 Å². The van der Waals surface area contributed by atoms with Crippen LogP contribution in [0.5, 0.6) is 0 Å². The quantitative estimate of drug-likeness (QED) is 0.827. The van der Waals surface area contributed by atoms with Crippen molar-refractivity contribution in [1.82, 2.24) is 4.72 Å². The standard InChI is InChI=1S/C10H14Cl2N2O2S/c1-14(2)7-6-13-17(15,16)10-8(11)4-3-5-9(10)12/h3-5,13H,6-7H2,1-2H3/p+1. The molecule has 0 aliphatic rings. The molecule has 0 bridgehead atoms. The highest BCUT2D eigenvalue weighted by Crippen LogP contribution is 2.28. The predicted octanol–water partition coefficient (Wildman–Crippen LogP) is 0.416. The van der Waals surface area contributed by atoms with Crippen LogP contribution in [0.1, 0.15) is 0 Å². The van der Waals surface area contributed by atoms with Crippen LogP contribution >= 0.6 is 23.2 Å². The van der Waals surface area contributed by atoms with Gasteiger partial charge in [-0.1, -0.05) is 29.3 Å². The molecule has 0 aromatic heterocycles. The maximum absolute atomic E-state index is 12.0. The first kappa shape index (κ1) is 14.7. The molecule has 0 aliphatic carbocycles. The molecular formula is C10H15Cl2N2O2S+. The molecule has 0 saturated carbocycles. The minimum Gasteiger partial charge on any atom is -0.339 e. The summed E-state index contributed by atoms with van der Waals surface area (Å²) in [4.78, 5) is 1.09. The molecule has 0 fully saturated rings. The topological polar surface area (TPSA) is 50.6 Å². The van der Waals surface area contributed by atoms with E-state index >= 15 is 0 Å². The number of sulfonamides is 1. The molecular weight excluding hydrogens is 283 g/mol. The van der Waals surface area contributed by atoms with Crippen molar-refractivity contribution in [3.63, 3.8) is 0 Å². The molecule has 0 heterocycles. The van der Waals surface area contributed by atoms with E-state index < -0.39 is 10.0 Å². The summed E-state index contributed by atoms with van der Waals surface area (Å²) in [5, 5.41) is 0.254. The van der Waals surface area contributed by atoms with Crippen molar-refractivity contribution in [3.8, 4) is 0 Å². The van der Waals surface area contributed by atoms with Crippen molar-refractivity contribution < 1.29 is 13.3 Å². The molecule has 17 heavy (non-hydrogen) atoms. The molecule has 0 unspecified atom stereocenters. The van der Waals surface area contributed by atoms with Crippen LogP contribution in [0.15, 0.2) is 23.1 Å². The Labute approximate surface area is 112 Å². The van der Waals surface area contributed by atoms with E-state index in [9.17, 15) is 8.42 Å². The largest absolute Gasteiger partial charge is 0.339 e. The zero-order valence-electron chi connectivity index (χ0n) is 9.63. The van der Waals surface area contributed by atoms with Gasteiger partial charge in [0.25, 0.3) is 0 Å². The van der Waals surface area contributed by atoms with Gasteiger partial charge in [0.05, 0.1) is 37.2 Å². The number of likely N-dealkylation sites (N-methyl/N-ethyl adjacent to an activating group) is 1. The summed E-state index contributed by atoms with van der Waals surface area (Å²) in [6.07, 6.45) is 0. The van der Waals surface area contributed by atoms with Gasteiger partial charge in [0, 0.05) is 0 Å². The van der Waals surface area contributed by atoms with Gasteiger partial charge in [-0.25, -0.2) is 13.1 Å². The van der Waals surface area contributed by atoms with E-state index in [1.54, 1.807) is 6.07 Å². The zero-order valence-corrected chi connectivity index (χ0v) is 12.0. The summed E-state index contributed by atoms with van der Waals surface area (Å²) in [5.74, 6) is 0. The van der Waals surface area contributed by atoms with E-state index in [-0.39, 0.29) is 14.9 Å². The third-order valence-electron chi connectivity index (χ3n) is 2.10. The fourth-order valence-electron chi connectivity index (χ4n) is 1.25. The normalized spacial score (nSPS) is 12.1. The number of hydrogen-bond acceptors (Lipinski definition) is 2. The van der Waals surface area contributed by atoms with Crippen molar-refractivity contribution in [2.24, 2.45) is 0 Å². The summed E-state index contributed by atoms with van der Waals surface area (Å²) in [6, 6.07) is 4.60. The zero-order chi connectivity index (χ0) is 13.1. The molecule has 0 saturated heterocycles. The van der Waals surface area contributed by atoms with Gasteiger partial charge in [0.2, 0.25) is 10.0 Å². The van der Waals surface area contributed by atoms with Crippen LogP contribution in [0.25, 0.3) is 0 Å². The minimum absolute atomic E-state index is 0.0583. The molecule has 0 atom stereocenters. The van der Waals surface area contributed by atoms with Crippen molar-refractivity contribution in [2.75, 3.05) is 27.2 Å². The lowest BCUT2D eigenvalue weighted by Crippen LogP contribution is -3.06. The average molecular weight is 298 g/mol. The van der Waals surface area contributed by atoms with Crippen LogP contribution in [0.3, 0.4) is 0 Å². The second-order valence-corrected chi connectivity index (χ2v) is 6.42. The molecule has 96 valence electrons. The van der Waals surface area contributed by atoms with E-state index in [1.807, 2.05) is 14.1 Å². The average Bonchev–Trinajstić information content (AvgIpc) is 2.15. The Balaban J connectivity index is 2.90. The van der Waals surface area contributed by atoms with Gasteiger partial charge in [-0.15, -0.1) is 0 Å². The molecule has 0 amide bonds. The number of halogens is 2. The van der Waals surface area contributed by atoms with Crippen LogP contribution < -0.4 is 9.62 Å². The minimum atomic E-state index is -3.64. The van der Waals surface area contributed by atoms with Crippen molar-refractivity contribution in [3.05, 3.63) is 28.2 Å². The van der Waals surface area contributed by atoms with Crippen molar-refractivity contribution in [1.29, 1.82) is 0 Å². The second-order valence-electron chi connectivity index (χ2n) is 3.91. The van der Waals surface area contributed by atoms with Gasteiger partial charge in [0.15, 0.2) is 0 Å². The smallest absolute Gasteiger partial charge is 0.243 e. The van der Waals surface area contributed by atoms with Gasteiger partial charge < -0.3 is 4.90 Å². The highest BCUT2D eigenvalue weighted by atomic mass is 35.5. The first-order chi connectivity index (χ1) is 7.84. The van der Waals surface area contributed by atoms with Crippen molar-refractivity contribution >= 4 is 33.2 Å². The Hall–Kier alpha value is -0.330. The summed E-state index contributed by atoms with van der Waals surface area (Å²) < 4.78 is 26.4. The first-order valence-corrected chi connectivity index (χ1v) is 7.31. The summed E-state index contributed by atoms with van der Waals surface area (Å²) >= 11 is 11.7. The van der Waals surface area contributed by atoms with Gasteiger partial charge in [-0.2, -0.15) is 0 Å². The highest BCUT2D eigenvalue weighted by molar-refractivity contribution is 7.89. The van der Waals surface area contributed by atoms with Gasteiger partial charge >= 0.3 is 0 Å². The molecule has 4 nitrogen and oxygen atoms in total. The predicted molar refractivity (Wildman–Crippen MR) is 69.3 cm³/mol. The Morgan fingerprint density at radius 2 is 1.76 bits per heavy atom. The van der Waals surface area contributed by atoms with Gasteiger partial charge in [0.1, 0.15) is 4.90 Å². The Morgan fingerprint density at radius 1 is 1.24 bits per heavy atom. The molecule has 2 N–H and O–H groups in total. The monoisotopic (exact) mass is 297 g/mol. The lowest BCUT2D eigenvalue weighted by molar-refractivity contribution is -0.856. The molecule has 0 aliphatic heterocycles. The Morgan fingerprint density at radius 3 is 2.24 bits per heavy atom. The van der Waals surface area contributed by atoms with E-state index in [4.69, 9.17) is 23.2 Å². The molecule has 1 aromatic rings. The van der Waals surface area contributed by atoms with Gasteiger partial charge in [-0.05, 0) is 12.1 Å². The van der Waals surface area contributed by atoms with E-state index in [0.29, 0.717) is 13.1 Å². The fourth-order valence-corrected chi connectivity index (χ4v) is 3.42. The van der Waals surface area contributed by atoms with Crippen LogP contribution in [0.2, 0.25) is 10.0 Å². The van der Waals surface area contributed by atoms with E-state index in [0.717, 1.165) is 4.90 Å². The lowest BCUT2D eigenvalue weighted by atomic mass is 10.4. The third kappa shape index (κ3) is 4.12. The summed E-state index contributed by atoms with van der Waals surface area (Å²) in [6.45, 7) is 1.02. The number of hydrogen-bond donors (Lipinski definition) is 2. The van der Waals surface area contributed by atoms with Gasteiger partial charge in [-0.3, -0.25) is 0 Å². The third-order valence-corrected chi connectivity index (χ3v) is 4.52. The Kier molecular flexibility index (Phi) is 5.22. The number of quaternary nitrogens is 1. The number of rotatable bonds is 5. The lowest BCUT2D eigenvalue weighted by Gasteiger charge is -2.11. The Bertz CT molecular complexity index is 469. The molecule has 0 spiro atoms. The first-order valence-electron chi connectivity index (χ1n) is 5.07. The number of nitrogens with one attached hydrogen (secondary N) is 2. The fraction of sp³-hybridized carbons (Fsp3) is 0.400. The maximum Gasteiger partial charge on any atom is 0.243 e. The highest BCUT2D eigenvalue weighted by Gasteiger charge is 2.21. The molecule has 7 heteroatoms. The van der Waals surface area contributed by atoms with Crippen LogP contribution in [0, 0.1) is 0 Å². The summed E-state index contributed by atoms with van der Waals surface area (Å²) in [5.41, 5.74) is 0.